The average Bonchev–Trinajstić information content (AvgIpc) is 3.74. The largest absolute Gasteiger partial charge is 0.352 e. The normalized spacial score (nSPS) is 19.1. The number of thiol groups is 1. The highest BCUT2D eigenvalue weighted by Gasteiger charge is 2.33. The van der Waals surface area contributed by atoms with Crippen LogP contribution in [0.1, 0.15) is 58.6 Å². The van der Waals surface area contributed by atoms with Gasteiger partial charge in [-0.05, 0) is 80.9 Å². The van der Waals surface area contributed by atoms with Gasteiger partial charge in [-0.2, -0.15) is 0 Å². The molecule has 1 atom stereocenters. The zero-order valence-electron chi connectivity index (χ0n) is 18.9. The van der Waals surface area contributed by atoms with Crippen molar-refractivity contribution < 1.29 is 15.3 Å². The van der Waals surface area contributed by atoms with Crippen molar-refractivity contribution in [3.63, 3.8) is 0 Å². The zero-order valence-corrected chi connectivity index (χ0v) is 21.4. The number of carbonyl (C=O) groups excluding carboxylic acids is 2. The second kappa shape index (κ2) is 11.2. The second-order valence-corrected chi connectivity index (χ2v) is 11.2. The lowest BCUT2D eigenvalue weighted by Gasteiger charge is -2.19. The van der Waals surface area contributed by atoms with Crippen molar-refractivity contribution in [1.82, 2.24) is 5.32 Å². The van der Waals surface area contributed by atoms with Crippen LogP contribution in [0.4, 0.5) is 10.7 Å². The minimum Gasteiger partial charge on any atom is -0.352 e. The molecule has 33 heavy (non-hydrogen) atoms. The molecule has 3 aliphatic carbocycles. The molecule has 186 valence electrons. The van der Waals surface area contributed by atoms with E-state index in [1.54, 1.807) is 23.1 Å². The molecule has 5 N–H and O–H groups in total. The van der Waals surface area contributed by atoms with Gasteiger partial charge in [-0.15, -0.1) is 23.1 Å². The maximum absolute atomic E-state index is 12.7. The van der Waals surface area contributed by atoms with Crippen molar-refractivity contribution in [2.24, 2.45) is 17.6 Å². The number of hydrogen-bond donors (Lipinski definition) is 5. The number of amides is 2. The number of aryl methyl sites for hydroxylation is 1. The Morgan fingerprint density at radius 2 is 2.03 bits per heavy atom. The van der Waals surface area contributed by atoms with Gasteiger partial charge in [-0.3, -0.25) is 9.59 Å². The summed E-state index contributed by atoms with van der Waals surface area (Å²) in [6, 6.07) is 8.22. The van der Waals surface area contributed by atoms with E-state index in [-0.39, 0.29) is 29.5 Å². The van der Waals surface area contributed by atoms with Gasteiger partial charge in [0.2, 0.25) is 5.91 Å². The fraction of sp³-hybridized carbons (Fsp3) is 0.500. The Morgan fingerprint density at radius 3 is 2.70 bits per heavy atom. The van der Waals surface area contributed by atoms with Crippen molar-refractivity contribution in [2.45, 2.75) is 55.9 Å². The summed E-state index contributed by atoms with van der Waals surface area (Å²) >= 11 is 7.23. The number of nitrogens with two attached hydrogens (primary N) is 1. The predicted molar refractivity (Wildman–Crippen MR) is 150 cm³/mol. The summed E-state index contributed by atoms with van der Waals surface area (Å²) in [6.45, 7) is 0.742. The molecule has 9 heteroatoms. The molecule has 1 heterocycles. The molecule has 0 unspecified atom stereocenters. The number of thiophene rings is 1. The first-order valence-corrected chi connectivity index (χ1v) is 14.0. The van der Waals surface area contributed by atoms with Crippen LogP contribution in [0.15, 0.2) is 29.2 Å². The number of fused-ring (bicyclic) bond motifs is 1. The molecule has 0 spiro atoms. The van der Waals surface area contributed by atoms with Gasteiger partial charge in [0.1, 0.15) is 5.00 Å². The van der Waals surface area contributed by atoms with Crippen LogP contribution in [0.2, 0.25) is 0 Å². The molecule has 3 aliphatic rings. The van der Waals surface area contributed by atoms with Crippen LogP contribution < -0.4 is 21.1 Å². The molecule has 1 aromatic heterocycles. The first-order valence-electron chi connectivity index (χ1n) is 11.5. The highest BCUT2D eigenvalue weighted by Crippen LogP contribution is 2.39. The minimum absolute atomic E-state index is 0. The van der Waals surface area contributed by atoms with E-state index in [9.17, 15) is 9.59 Å². The SMILES string of the molecule is CSc1cccc(NS)c1.N[C@H]1CCc2sc(NC(=O)C3CC3)c(C(=O)NCC3CC3)c2C1.[HH].[HH].[HH].[HH]. The molecule has 5 rings (SSSR count). The average molecular weight is 513 g/mol. The highest BCUT2D eigenvalue weighted by atomic mass is 32.2. The second-order valence-electron chi connectivity index (χ2n) is 8.97. The zero-order chi connectivity index (χ0) is 23.4. The Labute approximate surface area is 215 Å². The van der Waals surface area contributed by atoms with Gasteiger partial charge in [-0.25, -0.2) is 0 Å². The summed E-state index contributed by atoms with van der Waals surface area (Å²) in [7, 11) is 0. The molecule has 2 amide bonds. The van der Waals surface area contributed by atoms with E-state index in [0.29, 0.717) is 11.5 Å². The Kier molecular flexibility index (Phi) is 8.27. The molecular weight excluding hydrogens is 472 g/mol. The van der Waals surface area contributed by atoms with Gasteiger partial charge in [0.05, 0.1) is 5.56 Å². The number of carbonyl (C=O) groups is 2. The summed E-state index contributed by atoms with van der Waals surface area (Å²) < 4.78 is 2.78. The minimum atomic E-state index is -0.0467. The fourth-order valence-electron chi connectivity index (χ4n) is 3.84. The number of rotatable bonds is 7. The van der Waals surface area contributed by atoms with E-state index >= 15 is 0 Å². The monoisotopic (exact) mass is 512 g/mol. The maximum Gasteiger partial charge on any atom is 0.254 e. The van der Waals surface area contributed by atoms with E-state index in [4.69, 9.17) is 5.73 Å². The Balaban J connectivity index is 0.000000802. The Hall–Kier alpha value is -1.68. The molecule has 2 saturated carbocycles. The summed E-state index contributed by atoms with van der Waals surface area (Å²) in [5.74, 6) is 0.790. The number of nitrogens with one attached hydrogen (secondary N) is 3. The van der Waals surface area contributed by atoms with Crippen LogP contribution in [0.25, 0.3) is 0 Å². The van der Waals surface area contributed by atoms with Crippen molar-refractivity contribution >= 4 is 58.4 Å². The van der Waals surface area contributed by atoms with Crippen LogP contribution in [-0.2, 0) is 17.6 Å². The third kappa shape index (κ3) is 6.68. The molecule has 0 aliphatic heterocycles. The fourth-order valence-corrected chi connectivity index (χ4v) is 5.68. The van der Waals surface area contributed by atoms with Crippen molar-refractivity contribution in [2.75, 3.05) is 22.8 Å². The van der Waals surface area contributed by atoms with Crippen LogP contribution in [-0.4, -0.2) is 30.7 Å². The quantitative estimate of drug-likeness (QED) is 0.242. The molecule has 0 radical (unpaired) electrons. The molecule has 2 aromatic rings. The lowest BCUT2D eigenvalue weighted by atomic mass is 9.91. The first kappa shape index (κ1) is 24.4. The molecule has 0 bridgehead atoms. The van der Waals surface area contributed by atoms with E-state index in [1.165, 1.54) is 22.6 Å². The Morgan fingerprint density at radius 1 is 1.24 bits per heavy atom. The Bertz CT molecular complexity index is 1000. The van der Waals surface area contributed by atoms with Gasteiger partial charge >= 0.3 is 0 Å². The molecular formula is C24H40N4O2S3. The summed E-state index contributed by atoms with van der Waals surface area (Å²) in [4.78, 5) is 27.3. The lowest BCUT2D eigenvalue weighted by molar-refractivity contribution is -0.117. The molecule has 0 saturated heterocycles. The molecule has 2 fully saturated rings. The van der Waals surface area contributed by atoms with Crippen LogP contribution in [0, 0.1) is 11.8 Å². The third-order valence-electron chi connectivity index (χ3n) is 6.16. The van der Waals surface area contributed by atoms with Crippen molar-refractivity contribution in [1.29, 1.82) is 0 Å². The first-order chi connectivity index (χ1) is 16.0. The van der Waals surface area contributed by atoms with Crippen molar-refractivity contribution in [3.05, 3.63) is 40.3 Å². The summed E-state index contributed by atoms with van der Waals surface area (Å²) in [6.07, 6.45) is 8.98. The van der Waals surface area contributed by atoms with Crippen LogP contribution >= 0.6 is 35.9 Å². The van der Waals surface area contributed by atoms with E-state index in [1.807, 2.05) is 12.1 Å². The number of hydrogen-bond acceptors (Lipinski definition) is 7. The summed E-state index contributed by atoms with van der Waals surface area (Å²) in [5, 5.41) is 6.78. The third-order valence-corrected chi connectivity index (χ3v) is 8.35. The topological polar surface area (TPSA) is 96.2 Å². The number of thioether (sulfide) groups is 1. The smallest absolute Gasteiger partial charge is 0.254 e. The van der Waals surface area contributed by atoms with E-state index in [0.717, 1.165) is 54.9 Å². The van der Waals surface area contributed by atoms with E-state index < -0.39 is 0 Å². The van der Waals surface area contributed by atoms with Crippen LogP contribution in [0.5, 0.6) is 0 Å². The van der Waals surface area contributed by atoms with Gasteiger partial charge < -0.3 is 21.1 Å². The predicted octanol–water partition coefficient (Wildman–Crippen LogP) is 5.70. The standard InChI is InChI=1S/C17H23N3O2S.C7H9NS2.4H2/c18-11-5-6-13-12(7-11)14(16(22)19-8-9-1-2-9)17(23-13)20-15(21)10-3-4-10;1-10-7-4-2-3-6(5-7)8-9;;;;/h9-11H,1-8,18H2,(H,19,22)(H,20,21);2-5,8-9H,1H3;4*1H/t11-;;;;;/m0...../s1. The lowest BCUT2D eigenvalue weighted by Crippen LogP contribution is -2.31. The number of anilines is 2. The van der Waals surface area contributed by atoms with E-state index in [2.05, 4.69) is 46.6 Å². The molecule has 6 nitrogen and oxygen atoms in total. The van der Waals surface area contributed by atoms with Gasteiger partial charge in [-0.1, -0.05) is 18.9 Å². The molecule has 1 aromatic carbocycles. The highest BCUT2D eigenvalue weighted by molar-refractivity contribution is 7.98. The van der Waals surface area contributed by atoms with Gasteiger partial charge in [0, 0.05) is 39.7 Å². The number of benzene rings is 1. The van der Waals surface area contributed by atoms with Gasteiger partial charge in [0.15, 0.2) is 0 Å². The van der Waals surface area contributed by atoms with Crippen LogP contribution in [0.3, 0.4) is 0 Å². The van der Waals surface area contributed by atoms with Crippen molar-refractivity contribution in [3.8, 4) is 0 Å². The van der Waals surface area contributed by atoms with Gasteiger partial charge in [0.25, 0.3) is 5.91 Å². The summed E-state index contributed by atoms with van der Waals surface area (Å²) in [5.41, 5.74) is 8.88. The maximum atomic E-state index is 12.7.